The predicted octanol–water partition coefficient (Wildman–Crippen LogP) is 6.68. The molecule has 4 heterocycles. The zero-order valence-corrected chi connectivity index (χ0v) is 34.6. The number of hydrogen-bond acceptors (Lipinski definition) is 15. The van der Waals surface area contributed by atoms with Crippen LogP contribution in [0.2, 0.25) is 25.2 Å². The van der Waals surface area contributed by atoms with Gasteiger partial charge in [0, 0.05) is 0 Å². The molecule has 31 heteroatoms. The smallest absolute Gasteiger partial charge is 0.417 e. The van der Waals surface area contributed by atoms with Gasteiger partial charge in [0.05, 0.1) is 36.7 Å². The van der Waals surface area contributed by atoms with Crippen LogP contribution >= 0.6 is 58.0 Å². The first-order valence-electron chi connectivity index (χ1n) is 15.4. The number of rotatable bonds is 14. The normalized spacial score (nSPS) is 11.2. The SMILES string of the molecule is COc1cnc(OC)n2nc(NS(=O)(=O)c3c(OCC(F)F)cccc3C(F)(F)F)nc12.Nc1c(Cl)c(F)nc(OCC(=O)O)c1Cl.O=C(O)COc1nc(Cl)c(Cl)cc1Cl. The number of pyridine rings is 2. The fraction of sp³-hybridized carbons (Fsp3) is 0.233. The fourth-order valence-corrected chi connectivity index (χ4v) is 6.22. The van der Waals surface area contributed by atoms with Crippen LogP contribution in [-0.4, -0.2) is 101 Å². The van der Waals surface area contributed by atoms with Crippen molar-refractivity contribution in [2.45, 2.75) is 17.5 Å². The van der Waals surface area contributed by atoms with Crippen LogP contribution in [0.15, 0.2) is 35.4 Å². The van der Waals surface area contributed by atoms with E-state index in [0.29, 0.717) is 6.07 Å². The lowest BCUT2D eigenvalue weighted by Gasteiger charge is -2.17. The third-order valence-corrected chi connectivity index (χ3v) is 9.49. The second-order valence-electron chi connectivity index (χ2n) is 10.6. The highest BCUT2D eigenvalue weighted by atomic mass is 35.5. The molecule has 5 N–H and O–H groups in total. The average molecular weight is 995 g/mol. The Labute approximate surface area is 362 Å². The molecule has 0 radical (unpaired) electrons. The molecule has 0 saturated heterocycles. The Bertz CT molecular complexity index is 2470. The molecular weight excluding hydrogens is 972 g/mol. The number of carboxylic acids is 2. The number of aromatic nitrogens is 6. The van der Waals surface area contributed by atoms with Crippen LogP contribution < -0.4 is 34.1 Å². The maximum Gasteiger partial charge on any atom is 0.417 e. The van der Waals surface area contributed by atoms with Crippen LogP contribution in [0.1, 0.15) is 5.56 Å². The average Bonchev–Trinajstić information content (AvgIpc) is 3.60. The molecule has 0 spiro atoms. The number of hydrogen-bond donors (Lipinski definition) is 4. The minimum atomic E-state index is -5.14. The number of carbonyl (C=O) groups is 2. The molecule has 332 valence electrons. The second-order valence-corrected chi connectivity index (χ2v) is 14.1. The standard InChI is InChI=1S/C16H14F5N5O5S.C7H4Cl3NO3.C7H5Cl2FN2O3/c1-29-10-6-22-15(30-2)26-13(10)23-14(24-26)25-32(27,28)12-8(16(19,20)21)4-3-5-9(12)31-7-11(17)18;8-3-1-4(9)7(11-6(3)10)14-2-5(12)13;8-3-5(11)4(9)7(12-6(3)10)15-1-2(13)14/h3-6,11H,7H2,1-2H3,(H,24,25);1H,2H2,(H,12,13);1H2,(H2,11,12)(H,13,14). The number of nitrogens with two attached hydrogens (primary N) is 1. The van der Waals surface area contributed by atoms with E-state index in [1.54, 1.807) is 4.72 Å². The van der Waals surface area contributed by atoms with Gasteiger partial charge in [-0.05, 0) is 18.2 Å². The van der Waals surface area contributed by atoms with Gasteiger partial charge in [0.15, 0.2) is 24.1 Å². The molecule has 0 unspecified atom stereocenters. The van der Waals surface area contributed by atoms with Crippen molar-refractivity contribution in [3.05, 3.63) is 67.2 Å². The van der Waals surface area contributed by atoms with E-state index in [1.165, 1.54) is 26.5 Å². The summed E-state index contributed by atoms with van der Waals surface area (Å²) in [6, 6.07) is 3.31. The van der Waals surface area contributed by atoms with Crippen molar-refractivity contribution in [3.63, 3.8) is 0 Å². The molecule has 0 aliphatic rings. The Balaban J connectivity index is 0.000000283. The number of benzene rings is 1. The van der Waals surface area contributed by atoms with Crippen LogP contribution in [0.5, 0.6) is 29.3 Å². The predicted molar refractivity (Wildman–Crippen MR) is 202 cm³/mol. The number of sulfonamides is 1. The van der Waals surface area contributed by atoms with Crippen molar-refractivity contribution in [2.24, 2.45) is 0 Å². The quantitative estimate of drug-likeness (QED) is 0.0667. The zero-order chi connectivity index (χ0) is 46.0. The Hall–Kier alpha value is -5.41. The highest BCUT2D eigenvalue weighted by Crippen LogP contribution is 2.40. The highest BCUT2D eigenvalue weighted by molar-refractivity contribution is 7.92. The first-order valence-corrected chi connectivity index (χ1v) is 18.8. The number of carboxylic acid groups (broad SMARTS) is 2. The molecular formula is C30H23Cl5F6N8O11S. The van der Waals surface area contributed by atoms with Crippen LogP contribution in [-0.2, 0) is 25.8 Å². The summed E-state index contributed by atoms with van der Waals surface area (Å²) >= 11 is 27.8. The van der Waals surface area contributed by atoms with Gasteiger partial charge in [-0.1, -0.05) is 64.1 Å². The third kappa shape index (κ3) is 13.5. The number of alkyl halides is 5. The number of nitrogens with one attached hydrogen (secondary N) is 1. The van der Waals surface area contributed by atoms with Crippen molar-refractivity contribution >= 4 is 97.2 Å². The van der Waals surface area contributed by atoms with E-state index < -0.39 is 93.4 Å². The van der Waals surface area contributed by atoms with Crippen LogP contribution in [0.3, 0.4) is 0 Å². The summed E-state index contributed by atoms with van der Waals surface area (Å²) in [6.07, 6.45) is -6.99. The van der Waals surface area contributed by atoms with E-state index in [-0.39, 0.29) is 49.2 Å². The molecule has 0 atom stereocenters. The minimum absolute atomic E-state index is 0.0106. The Kier molecular flexibility index (Phi) is 17.5. The molecule has 1 aromatic carbocycles. The van der Waals surface area contributed by atoms with Gasteiger partial charge < -0.3 is 39.6 Å². The summed E-state index contributed by atoms with van der Waals surface area (Å²) in [5, 5.41) is 20.1. The molecule has 0 amide bonds. The summed E-state index contributed by atoms with van der Waals surface area (Å²) in [4.78, 5) is 33.6. The number of methoxy groups -OCH3 is 2. The first-order chi connectivity index (χ1) is 28.4. The molecule has 19 nitrogen and oxygen atoms in total. The van der Waals surface area contributed by atoms with Crippen LogP contribution in [0, 0.1) is 5.95 Å². The van der Waals surface area contributed by atoms with Crippen molar-refractivity contribution in [1.29, 1.82) is 0 Å². The number of anilines is 2. The summed E-state index contributed by atoms with van der Waals surface area (Å²) in [7, 11) is -2.56. The van der Waals surface area contributed by atoms with Crippen molar-refractivity contribution in [3.8, 4) is 29.3 Å². The molecule has 0 bridgehead atoms. The molecule has 0 aliphatic heterocycles. The second kappa shape index (κ2) is 21.4. The summed E-state index contributed by atoms with van der Waals surface area (Å²) in [5.41, 5.74) is 3.39. The number of halogens is 11. The largest absolute Gasteiger partial charge is 0.491 e. The van der Waals surface area contributed by atoms with E-state index in [1.807, 2.05) is 0 Å². The van der Waals surface area contributed by atoms with Crippen LogP contribution in [0.25, 0.3) is 5.65 Å². The van der Waals surface area contributed by atoms with Crippen LogP contribution in [0.4, 0.5) is 38.0 Å². The number of ether oxygens (including phenoxy) is 5. The lowest BCUT2D eigenvalue weighted by molar-refractivity contribution is -0.140. The summed E-state index contributed by atoms with van der Waals surface area (Å²) in [5.74, 6) is -5.43. The maximum atomic E-state index is 13.5. The van der Waals surface area contributed by atoms with Gasteiger partial charge in [-0.3, -0.25) is 0 Å². The van der Waals surface area contributed by atoms with Crippen molar-refractivity contribution < 1.29 is 78.2 Å². The number of nitrogen functional groups attached to an aromatic ring is 1. The highest BCUT2D eigenvalue weighted by Gasteiger charge is 2.40. The molecule has 4 aromatic heterocycles. The van der Waals surface area contributed by atoms with Gasteiger partial charge in [0.25, 0.3) is 22.4 Å². The number of fused-ring (bicyclic) bond motifs is 1. The van der Waals surface area contributed by atoms with Gasteiger partial charge >= 0.3 is 24.1 Å². The van der Waals surface area contributed by atoms with Crippen molar-refractivity contribution in [1.82, 2.24) is 29.5 Å². The minimum Gasteiger partial charge on any atom is -0.491 e. The Morgan fingerprint density at radius 3 is 2.08 bits per heavy atom. The van der Waals surface area contributed by atoms with E-state index in [0.717, 1.165) is 16.6 Å². The molecule has 5 rings (SSSR count). The van der Waals surface area contributed by atoms with E-state index in [9.17, 15) is 44.3 Å². The maximum absolute atomic E-state index is 13.5. The monoisotopic (exact) mass is 992 g/mol. The van der Waals surface area contributed by atoms with E-state index >= 15 is 0 Å². The van der Waals surface area contributed by atoms with Gasteiger partial charge in [0.2, 0.25) is 23.4 Å². The Morgan fingerprint density at radius 2 is 1.52 bits per heavy atom. The van der Waals surface area contributed by atoms with Gasteiger partial charge in [0.1, 0.15) is 32.3 Å². The summed E-state index contributed by atoms with van der Waals surface area (Å²) < 4.78 is 131. The third-order valence-electron chi connectivity index (χ3n) is 6.41. The number of nitrogens with zero attached hydrogens (tertiary/aromatic N) is 6. The van der Waals surface area contributed by atoms with Gasteiger partial charge in [-0.2, -0.15) is 42.0 Å². The first kappa shape index (κ1) is 49.9. The lowest BCUT2D eigenvalue weighted by Crippen LogP contribution is -2.21. The van der Waals surface area contributed by atoms with E-state index in [2.05, 4.69) is 34.5 Å². The molecule has 5 aromatic rings. The van der Waals surface area contributed by atoms with E-state index in [4.69, 9.17) is 88.2 Å². The number of aliphatic carboxylic acids is 2. The van der Waals surface area contributed by atoms with Gasteiger partial charge in [-0.25, -0.2) is 31.5 Å². The topological polar surface area (TPSA) is 262 Å². The van der Waals surface area contributed by atoms with Gasteiger partial charge in [-0.15, -0.1) is 5.10 Å². The molecule has 0 aliphatic carbocycles. The fourth-order valence-electron chi connectivity index (χ4n) is 4.01. The zero-order valence-electron chi connectivity index (χ0n) is 30.0. The molecule has 0 fully saturated rings. The molecule has 0 saturated carbocycles. The summed E-state index contributed by atoms with van der Waals surface area (Å²) in [6.45, 7) is -2.56. The van der Waals surface area contributed by atoms with Crippen molar-refractivity contribution in [2.75, 3.05) is 44.5 Å². The molecule has 61 heavy (non-hydrogen) atoms. The Morgan fingerprint density at radius 1 is 0.902 bits per heavy atom. The lowest BCUT2D eigenvalue weighted by atomic mass is 10.2.